The van der Waals surface area contributed by atoms with E-state index in [1.54, 1.807) is 18.7 Å². The van der Waals surface area contributed by atoms with E-state index < -0.39 is 6.10 Å². The number of aliphatic hydroxyl groups excluding tert-OH is 1. The van der Waals surface area contributed by atoms with Gasteiger partial charge in [-0.25, -0.2) is 0 Å². The molecule has 0 heterocycles. The summed E-state index contributed by atoms with van der Waals surface area (Å²) in [4.78, 5) is 2.23. The van der Waals surface area contributed by atoms with Crippen molar-refractivity contribution in [2.75, 3.05) is 0 Å². The molecule has 2 aromatic carbocycles. The molecular formula is C14H12Br2OS. The van der Waals surface area contributed by atoms with Gasteiger partial charge in [0.1, 0.15) is 0 Å². The van der Waals surface area contributed by atoms with Crippen molar-refractivity contribution in [3.05, 3.63) is 57.0 Å². The van der Waals surface area contributed by atoms with Gasteiger partial charge in [-0.3, -0.25) is 0 Å². The Morgan fingerprint density at radius 2 is 1.61 bits per heavy atom. The first kappa shape index (κ1) is 14.1. The predicted octanol–water partition coefficient (Wildman–Crippen LogP) is 5.42. The SMILES string of the molecule is CC(O)c1cc(Br)ccc1Sc1ccc(Br)cc1. The van der Waals surface area contributed by atoms with E-state index in [0.29, 0.717) is 0 Å². The summed E-state index contributed by atoms with van der Waals surface area (Å²) < 4.78 is 2.05. The zero-order valence-electron chi connectivity index (χ0n) is 9.73. The highest BCUT2D eigenvalue weighted by molar-refractivity contribution is 9.10. The van der Waals surface area contributed by atoms with Gasteiger partial charge in [-0.05, 0) is 55.0 Å². The van der Waals surface area contributed by atoms with Crippen LogP contribution in [0.2, 0.25) is 0 Å². The Morgan fingerprint density at radius 3 is 2.22 bits per heavy atom. The van der Waals surface area contributed by atoms with E-state index in [2.05, 4.69) is 44.0 Å². The Labute approximate surface area is 128 Å². The van der Waals surface area contributed by atoms with Crippen LogP contribution in [0.5, 0.6) is 0 Å². The fourth-order valence-electron chi connectivity index (χ4n) is 1.57. The van der Waals surface area contributed by atoms with Gasteiger partial charge < -0.3 is 5.11 Å². The lowest BCUT2D eigenvalue weighted by Crippen LogP contribution is -1.94. The quantitative estimate of drug-likeness (QED) is 0.758. The van der Waals surface area contributed by atoms with Gasteiger partial charge in [0.25, 0.3) is 0 Å². The molecule has 0 radical (unpaired) electrons. The van der Waals surface area contributed by atoms with Crippen LogP contribution in [0.25, 0.3) is 0 Å². The van der Waals surface area contributed by atoms with Crippen molar-refractivity contribution in [3.63, 3.8) is 0 Å². The summed E-state index contributed by atoms with van der Waals surface area (Å²) in [6.07, 6.45) is -0.472. The second-order valence-corrected chi connectivity index (χ2v) is 6.86. The molecule has 2 aromatic rings. The molecule has 0 fully saturated rings. The average molecular weight is 388 g/mol. The van der Waals surface area contributed by atoms with Crippen LogP contribution < -0.4 is 0 Å². The van der Waals surface area contributed by atoms with Crippen LogP contribution in [0.4, 0.5) is 0 Å². The lowest BCUT2D eigenvalue weighted by molar-refractivity contribution is 0.196. The molecule has 1 nitrogen and oxygen atoms in total. The van der Waals surface area contributed by atoms with Gasteiger partial charge in [-0.2, -0.15) is 0 Å². The second-order valence-electron chi connectivity index (χ2n) is 3.91. The smallest absolute Gasteiger partial charge is 0.0773 e. The molecule has 1 N–H and O–H groups in total. The molecule has 0 aromatic heterocycles. The van der Waals surface area contributed by atoms with Crippen molar-refractivity contribution in [2.45, 2.75) is 22.8 Å². The molecule has 18 heavy (non-hydrogen) atoms. The van der Waals surface area contributed by atoms with E-state index in [9.17, 15) is 5.11 Å². The number of halogens is 2. The first-order valence-corrected chi connectivity index (χ1v) is 7.87. The Hall–Kier alpha value is -0.290. The number of aliphatic hydroxyl groups is 1. The number of rotatable bonds is 3. The minimum absolute atomic E-state index is 0.472. The maximum absolute atomic E-state index is 9.81. The fourth-order valence-corrected chi connectivity index (χ4v) is 3.22. The standard InChI is InChI=1S/C14H12Br2OS/c1-9(17)13-8-11(16)4-7-14(13)18-12-5-2-10(15)3-6-12/h2-9,17H,1H3. The van der Waals surface area contributed by atoms with Crippen LogP contribution in [0.3, 0.4) is 0 Å². The van der Waals surface area contributed by atoms with Crippen LogP contribution in [-0.4, -0.2) is 5.11 Å². The van der Waals surface area contributed by atoms with Crippen molar-refractivity contribution in [2.24, 2.45) is 0 Å². The molecule has 0 amide bonds. The van der Waals surface area contributed by atoms with Crippen LogP contribution in [0.15, 0.2) is 61.2 Å². The van der Waals surface area contributed by atoms with Gasteiger partial charge in [0.2, 0.25) is 0 Å². The lowest BCUT2D eigenvalue weighted by Gasteiger charge is -2.12. The number of hydrogen-bond acceptors (Lipinski definition) is 2. The molecule has 0 bridgehead atoms. The molecule has 0 aliphatic rings. The molecular weight excluding hydrogens is 376 g/mol. The van der Waals surface area contributed by atoms with E-state index in [4.69, 9.17) is 0 Å². The van der Waals surface area contributed by atoms with Crippen LogP contribution in [-0.2, 0) is 0 Å². The summed E-state index contributed by atoms with van der Waals surface area (Å²) in [7, 11) is 0. The zero-order chi connectivity index (χ0) is 13.1. The Balaban J connectivity index is 2.31. The first-order valence-electron chi connectivity index (χ1n) is 5.47. The van der Waals surface area contributed by atoms with Crippen LogP contribution in [0, 0.1) is 0 Å². The number of hydrogen-bond donors (Lipinski definition) is 1. The zero-order valence-corrected chi connectivity index (χ0v) is 13.7. The van der Waals surface area contributed by atoms with Crippen molar-refractivity contribution in [1.82, 2.24) is 0 Å². The minimum Gasteiger partial charge on any atom is -0.389 e. The molecule has 1 atom stereocenters. The average Bonchev–Trinajstić information content (AvgIpc) is 2.34. The first-order chi connectivity index (χ1) is 8.56. The van der Waals surface area contributed by atoms with Crippen LogP contribution >= 0.6 is 43.6 Å². The highest BCUT2D eigenvalue weighted by Gasteiger charge is 2.10. The lowest BCUT2D eigenvalue weighted by atomic mass is 10.1. The third-order valence-electron chi connectivity index (χ3n) is 2.46. The molecule has 94 valence electrons. The van der Waals surface area contributed by atoms with Gasteiger partial charge in [0, 0.05) is 18.7 Å². The van der Waals surface area contributed by atoms with Crippen molar-refractivity contribution in [1.29, 1.82) is 0 Å². The van der Waals surface area contributed by atoms with Gasteiger partial charge in [0.15, 0.2) is 0 Å². The largest absolute Gasteiger partial charge is 0.389 e. The van der Waals surface area contributed by atoms with Gasteiger partial charge in [0.05, 0.1) is 6.10 Å². The van der Waals surface area contributed by atoms with E-state index in [1.165, 1.54) is 0 Å². The third kappa shape index (κ3) is 3.60. The molecule has 2 rings (SSSR count). The van der Waals surface area contributed by atoms with Gasteiger partial charge in [-0.15, -0.1) is 0 Å². The van der Waals surface area contributed by atoms with Crippen LogP contribution in [0.1, 0.15) is 18.6 Å². The summed E-state index contributed by atoms with van der Waals surface area (Å²) in [6, 6.07) is 14.1. The number of benzene rings is 2. The minimum atomic E-state index is -0.472. The highest BCUT2D eigenvalue weighted by atomic mass is 79.9. The molecule has 0 aliphatic heterocycles. The summed E-state index contributed by atoms with van der Waals surface area (Å²) in [5.74, 6) is 0. The van der Waals surface area contributed by atoms with Crippen molar-refractivity contribution >= 4 is 43.6 Å². The normalized spacial score (nSPS) is 12.4. The van der Waals surface area contributed by atoms with Crippen molar-refractivity contribution in [3.8, 4) is 0 Å². The third-order valence-corrected chi connectivity index (χ3v) is 4.58. The molecule has 0 spiro atoms. The van der Waals surface area contributed by atoms with Crippen molar-refractivity contribution < 1.29 is 5.11 Å². The Morgan fingerprint density at radius 1 is 1.00 bits per heavy atom. The van der Waals surface area contributed by atoms with E-state index in [1.807, 2.05) is 30.3 Å². The molecule has 4 heteroatoms. The Kier molecular flexibility index (Phi) is 4.90. The highest BCUT2D eigenvalue weighted by Crippen LogP contribution is 2.35. The summed E-state index contributed by atoms with van der Waals surface area (Å²) in [6.45, 7) is 1.79. The monoisotopic (exact) mass is 386 g/mol. The molecule has 0 aliphatic carbocycles. The van der Waals surface area contributed by atoms with Gasteiger partial charge >= 0.3 is 0 Å². The molecule has 0 saturated heterocycles. The van der Waals surface area contributed by atoms with E-state index in [0.717, 1.165) is 24.3 Å². The Bertz CT molecular complexity index is 538. The van der Waals surface area contributed by atoms with E-state index in [-0.39, 0.29) is 0 Å². The maximum atomic E-state index is 9.81. The summed E-state index contributed by atoms with van der Waals surface area (Å²) >= 11 is 8.51. The summed E-state index contributed by atoms with van der Waals surface area (Å²) in [5.41, 5.74) is 0.942. The molecule has 0 saturated carbocycles. The topological polar surface area (TPSA) is 20.2 Å². The van der Waals surface area contributed by atoms with Gasteiger partial charge in [-0.1, -0.05) is 43.6 Å². The predicted molar refractivity (Wildman–Crippen MR) is 83.0 cm³/mol. The fraction of sp³-hybridized carbons (Fsp3) is 0.143. The summed E-state index contributed by atoms with van der Waals surface area (Å²) in [5, 5.41) is 9.81. The maximum Gasteiger partial charge on any atom is 0.0773 e. The molecule has 1 unspecified atom stereocenters. The second kappa shape index (κ2) is 6.24. The van der Waals surface area contributed by atoms with E-state index >= 15 is 0 Å².